The van der Waals surface area contributed by atoms with Crippen LogP contribution >= 0.6 is 11.8 Å². The lowest BCUT2D eigenvalue weighted by molar-refractivity contribution is 0.483. The number of ether oxygens (including phenoxy) is 1. The fraction of sp³-hybridized carbons (Fsp3) is 0.0208. The van der Waals surface area contributed by atoms with E-state index in [1.165, 1.54) is 54.5 Å². The zero-order valence-electron chi connectivity index (χ0n) is 29.1. The molecule has 5 nitrogen and oxygen atoms in total. The van der Waals surface area contributed by atoms with Gasteiger partial charge in [-0.2, -0.15) is 0 Å². The van der Waals surface area contributed by atoms with Crippen molar-refractivity contribution in [2.24, 2.45) is 0 Å². The Morgan fingerprint density at radius 1 is 0.481 bits per heavy atom. The van der Waals surface area contributed by atoms with E-state index >= 15 is 0 Å². The molecule has 0 amide bonds. The third-order valence-corrected chi connectivity index (χ3v) is 11.6. The molecule has 0 spiro atoms. The molecular weight excluding hydrogens is 681 g/mol. The van der Waals surface area contributed by atoms with Crippen molar-refractivity contribution in [1.82, 2.24) is 9.55 Å². The minimum absolute atomic E-state index is 0.670. The standard InChI is InChI=1S/C48H32N4OS/c1-3-13-32(14-4-1)36-18-11-19-37(33-15-5-2-6-16-33)47(36)50-31-51-43-30-35(25-27-44(43)54-45-22-12-21-41(50)48(45)51)53-34-24-26-39-38-17-7-8-20-40(38)52(42(39)29-34)46-23-9-10-28-49-46/h1-30H,31H2. The van der Waals surface area contributed by atoms with Crippen LogP contribution in [0.5, 0.6) is 11.5 Å². The molecule has 0 radical (unpaired) electrons. The third-order valence-electron chi connectivity index (χ3n) is 10.5. The Morgan fingerprint density at radius 3 is 1.93 bits per heavy atom. The van der Waals surface area contributed by atoms with Crippen LogP contribution in [0.25, 0.3) is 49.9 Å². The number of rotatable bonds is 6. The molecule has 0 unspecified atom stereocenters. The molecule has 11 rings (SSSR count). The lowest BCUT2D eigenvalue weighted by Gasteiger charge is -2.29. The quantitative estimate of drug-likeness (QED) is 0.171. The van der Waals surface area contributed by atoms with Crippen molar-refractivity contribution in [1.29, 1.82) is 0 Å². The fourth-order valence-electron chi connectivity index (χ4n) is 8.15. The number of pyridine rings is 1. The summed E-state index contributed by atoms with van der Waals surface area (Å²) < 4.78 is 8.94. The summed E-state index contributed by atoms with van der Waals surface area (Å²) in [5.74, 6) is 2.45. The maximum absolute atomic E-state index is 6.72. The summed E-state index contributed by atoms with van der Waals surface area (Å²) in [5.41, 5.74) is 11.8. The molecule has 7 aromatic carbocycles. The van der Waals surface area contributed by atoms with Gasteiger partial charge in [-0.25, -0.2) is 4.98 Å². The molecule has 54 heavy (non-hydrogen) atoms. The van der Waals surface area contributed by atoms with Crippen molar-refractivity contribution < 1.29 is 4.74 Å². The molecular formula is C48H32N4OS. The number of anilines is 4. The summed E-state index contributed by atoms with van der Waals surface area (Å²) in [6, 6.07) is 62.2. The van der Waals surface area contributed by atoms with E-state index in [0.29, 0.717) is 6.67 Å². The van der Waals surface area contributed by atoms with Crippen LogP contribution in [-0.2, 0) is 0 Å². The number of hydrogen-bond acceptors (Lipinski definition) is 5. The van der Waals surface area contributed by atoms with Crippen molar-refractivity contribution >= 4 is 56.3 Å². The second kappa shape index (κ2) is 12.4. The zero-order chi connectivity index (χ0) is 35.6. The van der Waals surface area contributed by atoms with E-state index in [4.69, 9.17) is 9.72 Å². The zero-order valence-corrected chi connectivity index (χ0v) is 29.9. The number of hydrogen-bond donors (Lipinski definition) is 0. The second-order valence-corrected chi connectivity index (χ2v) is 14.7. The fourth-order valence-corrected chi connectivity index (χ4v) is 9.26. The first-order valence-electron chi connectivity index (χ1n) is 18.1. The van der Waals surface area contributed by atoms with Gasteiger partial charge in [-0.1, -0.05) is 121 Å². The average molecular weight is 713 g/mol. The van der Waals surface area contributed by atoms with E-state index in [0.717, 1.165) is 39.4 Å². The number of benzene rings is 7. The number of para-hydroxylation sites is 3. The second-order valence-electron chi connectivity index (χ2n) is 13.6. The Labute approximate surface area is 317 Å². The van der Waals surface area contributed by atoms with Gasteiger partial charge in [-0.3, -0.25) is 4.57 Å². The molecule has 0 fully saturated rings. The first-order chi connectivity index (χ1) is 26.8. The predicted octanol–water partition coefficient (Wildman–Crippen LogP) is 13.0. The van der Waals surface area contributed by atoms with E-state index in [1.54, 1.807) is 0 Å². The highest BCUT2D eigenvalue weighted by molar-refractivity contribution is 7.99. The highest BCUT2D eigenvalue weighted by Crippen LogP contribution is 2.58. The van der Waals surface area contributed by atoms with Crippen LogP contribution in [-0.4, -0.2) is 16.2 Å². The molecule has 9 aromatic rings. The summed E-state index contributed by atoms with van der Waals surface area (Å²) >= 11 is 1.82. The first kappa shape index (κ1) is 30.8. The molecule has 2 aliphatic heterocycles. The van der Waals surface area contributed by atoms with Crippen LogP contribution in [0.2, 0.25) is 0 Å². The van der Waals surface area contributed by atoms with Gasteiger partial charge in [0.15, 0.2) is 0 Å². The molecule has 0 saturated heterocycles. The van der Waals surface area contributed by atoms with Gasteiger partial charge in [0.2, 0.25) is 0 Å². The van der Waals surface area contributed by atoms with Crippen molar-refractivity contribution in [3.05, 3.63) is 182 Å². The van der Waals surface area contributed by atoms with Gasteiger partial charge in [-0.15, -0.1) is 0 Å². The smallest absolute Gasteiger partial charge is 0.137 e. The number of aromatic nitrogens is 2. The molecule has 0 bridgehead atoms. The maximum atomic E-state index is 6.72. The van der Waals surface area contributed by atoms with Crippen LogP contribution in [0.15, 0.2) is 192 Å². The van der Waals surface area contributed by atoms with Gasteiger partial charge in [-0.05, 0) is 65.7 Å². The summed E-state index contributed by atoms with van der Waals surface area (Å²) in [7, 11) is 0. The van der Waals surface area contributed by atoms with Gasteiger partial charge in [0.05, 0.1) is 33.8 Å². The normalized spacial score (nSPS) is 13.0. The van der Waals surface area contributed by atoms with Crippen LogP contribution in [0, 0.1) is 0 Å². The Morgan fingerprint density at radius 2 is 1.15 bits per heavy atom. The molecule has 0 atom stereocenters. The van der Waals surface area contributed by atoms with Crippen LogP contribution in [0.1, 0.15) is 0 Å². The van der Waals surface area contributed by atoms with Crippen LogP contribution in [0.3, 0.4) is 0 Å². The van der Waals surface area contributed by atoms with Crippen LogP contribution in [0.4, 0.5) is 22.7 Å². The Bertz CT molecular complexity index is 2810. The first-order valence-corrected chi connectivity index (χ1v) is 19.0. The van der Waals surface area contributed by atoms with Gasteiger partial charge >= 0.3 is 0 Å². The van der Waals surface area contributed by atoms with E-state index in [9.17, 15) is 0 Å². The summed E-state index contributed by atoms with van der Waals surface area (Å²) in [4.78, 5) is 12.1. The summed E-state index contributed by atoms with van der Waals surface area (Å²) in [6.45, 7) is 0.670. The minimum Gasteiger partial charge on any atom is -0.457 e. The third kappa shape index (κ3) is 4.91. The molecule has 2 aliphatic rings. The van der Waals surface area contributed by atoms with Gasteiger partial charge in [0.1, 0.15) is 24.0 Å². The molecule has 6 heteroatoms. The monoisotopic (exact) mass is 712 g/mol. The Hall–Kier alpha value is -6.76. The Kier molecular flexibility index (Phi) is 7.10. The summed E-state index contributed by atoms with van der Waals surface area (Å²) in [5, 5.41) is 2.35. The number of nitrogens with zero attached hydrogens (tertiary/aromatic N) is 4. The molecule has 0 aliphatic carbocycles. The van der Waals surface area contributed by atoms with E-state index < -0.39 is 0 Å². The molecule has 2 aromatic heterocycles. The largest absolute Gasteiger partial charge is 0.457 e. The number of fused-ring (bicyclic) bond motifs is 5. The van der Waals surface area contributed by atoms with E-state index in [2.05, 4.69) is 172 Å². The SMILES string of the molecule is c1ccc(-c2cccc(-c3ccccc3)c2N2CN3c4cc(Oc5ccc6c7ccccc7n(-c7ccccn7)c6c5)ccc4Sc4cccc2c43)cc1. The molecule has 256 valence electrons. The van der Waals surface area contributed by atoms with Crippen LogP contribution < -0.4 is 14.5 Å². The average Bonchev–Trinajstić information content (AvgIpc) is 3.79. The maximum Gasteiger partial charge on any atom is 0.137 e. The molecule has 0 N–H and O–H groups in total. The lowest BCUT2D eigenvalue weighted by atomic mass is 9.95. The van der Waals surface area contributed by atoms with Gasteiger partial charge in [0, 0.05) is 50.0 Å². The van der Waals surface area contributed by atoms with E-state index in [-0.39, 0.29) is 0 Å². The summed E-state index contributed by atoms with van der Waals surface area (Å²) in [6.07, 6.45) is 1.84. The minimum atomic E-state index is 0.670. The molecule has 4 heterocycles. The van der Waals surface area contributed by atoms with Crippen molar-refractivity contribution in [2.45, 2.75) is 9.79 Å². The van der Waals surface area contributed by atoms with E-state index in [1.807, 2.05) is 36.2 Å². The highest BCUT2D eigenvalue weighted by atomic mass is 32.2. The predicted molar refractivity (Wildman–Crippen MR) is 222 cm³/mol. The topological polar surface area (TPSA) is 33.5 Å². The molecule has 0 saturated carbocycles. The van der Waals surface area contributed by atoms with Crippen molar-refractivity contribution in [3.8, 4) is 39.6 Å². The Balaban J connectivity index is 1.01. The lowest BCUT2D eigenvalue weighted by Crippen LogP contribution is -2.26. The van der Waals surface area contributed by atoms with Crippen molar-refractivity contribution in [2.75, 3.05) is 16.5 Å². The van der Waals surface area contributed by atoms with Crippen molar-refractivity contribution in [3.63, 3.8) is 0 Å². The van der Waals surface area contributed by atoms with Gasteiger partial charge in [0.25, 0.3) is 0 Å². The van der Waals surface area contributed by atoms with Gasteiger partial charge < -0.3 is 14.5 Å². The highest BCUT2D eigenvalue weighted by Gasteiger charge is 2.37.